The summed E-state index contributed by atoms with van der Waals surface area (Å²) in [5, 5.41) is 2.96. The molecular weight excluding hydrogens is 504 g/mol. The zero-order valence-corrected chi connectivity index (χ0v) is 23.9. The molecule has 4 aliphatic carbocycles. The number of benzene rings is 3. The number of hydrogen-bond donors (Lipinski definition) is 1. The molecule has 204 valence electrons. The third-order valence-corrected chi connectivity index (χ3v) is 11.0. The molecule has 4 fully saturated rings. The highest BCUT2D eigenvalue weighted by molar-refractivity contribution is 7.92. The molecule has 3 aromatic rings. The minimum absolute atomic E-state index is 0.167. The van der Waals surface area contributed by atoms with E-state index in [0.717, 1.165) is 34.4 Å². The fourth-order valence-electron chi connectivity index (χ4n) is 7.95. The first-order valence-corrected chi connectivity index (χ1v) is 15.6. The van der Waals surface area contributed by atoms with Crippen LogP contribution in [-0.2, 0) is 20.2 Å². The molecule has 4 aliphatic rings. The van der Waals surface area contributed by atoms with E-state index in [0.29, 0.717) is 16.8 Å². The van der Waals surface area contributed by atoms with Crippen LogP contribution in [0.1, 0.15) is 60.8 Å². The first-order valence-electron chi connectivity index (χ1n) is 14.2. The lowest BCUT2D eigenvalue weighted by Crippen LogP contribution is -2.48. The predicted molar refractivity (Wildman–Crippen MR) is 157 cm³/mol. The van der Waals surface area contributed by atoms with E-state index in [1.165, 1.54) is 48.4 Å². The molecule has 1 N–H and O–H groups in total. The van der Waals surface area contributed by atoms with Crippen LogP contribution in [0, 0.1) is 38.5 Å². The van der Waals surface area contributed by atoms with Gasteiger partial charge in [-0.2, -0.15) is 0 Å². The fraction of sp³-hybridized carbons (Fsp3) is 0.424. The smallest absolute Gasteiger partial charge is 0.264 e. The van der Waals surface area contributed by atoms with E-state index in [1.54, 1.807) is 24.3 Å². The summed E-state index contributed by atoms with van der Waals surface area (Å²) in [4.78, 5) is 13.5. The van der Waals surface area contributed by atoms with Gasteiger partial charge in [-0.1, -0.05) is 35.9 Å². The van der Waals surface area contributed by atoms with Crippen molar-refractivity contribution in [2.45, 2.75) is 69.6 Å². The van der Waals surface area contributed by atoms with Crippen molar-refractivity contribution in [2.24, 2.45) is 17.8 Å². The molecule has 4 bridgehead atoms. The minimum Gasteiger partial charge on any atom is -0.325 e. The van der Waals surface area contributed by atoms with Gasteiger partial charge in [-0.05, 0) is 136 Å². The highest BCUT2D eigenvalue weighted by atomic mass is 32.2. The molecule has 5 nitrogen and oxygen atoms in total. The number of rotatable bonds is 7. The lowest BCUT2D eigenvalue weighted by Gasteiger charge is -2.57. The van der Waals surface area contributed by atoms with Crippen LogP contribution in [0.25, 0.3) is 0 Å². The summed E-state index contributed by atoms with van der Waals surface area (Å²) in [6.07, 6.45) is 8.13. The standard InChI is InChI=1S/C33H38N2O3S/c1-22-4-10-31(11-5-22)39(37,38)35(30-13-23(2)12-24(3)14-30)21-32(36)34-29-8-6-28(7-9-29)33-18-25-15-26(19-33)17-27(16-25)20-33/h4-14,25-27H,15-21H2,1-3H3,(H,34,36). The fourth-order valence-corrected chi connectivity index (χ4v) is 9.35. The van der Waals surface area contributed by atoms with E-state index >= 15 is 0 Å². The Morgan fingerprint density at radius 3 is 1.87 bits per heavy atom. The Labute approximate surface area is 232 Å². The molecule has 0 atom stereocenters. The van der Waals surface area contributed by atoms with Gasteiger partial charge >= 0.3 is 0 Å². The SMILES string of the molecule is Cc1ccc(S(=O)(=O)N(CC(=O)Nc2ccc(C34CC5CC(CC(C5)C3)C4)cc2)c2cc(C)cc(C)c2)cc1. The monoisotopic (exact) mass is 542 g/mol. The number of hydrogen-bond acceptors (Lipinski definition) is 3. The molecule has 0 saturated heterocycles. The molecule has 0 aliphatic heterocycles. The van der Waals surface area contributed by atoms with Crippen molar-refractivity contribution in [2.75, 3.05) is 16.2 Å². The number of amides is 1. The van der Waals surface area contributed by atoms with Crippen molar-refractivity contribution in [3.63, 3.8) is 0 Å². The first-order chi connectivity index (χ1) is 18.6. The van der Waals surface area contributed by atoms with Crippen LogP contribution < -0.4 is 9.62 Å². The van der Waals surface area contributed by atoms with Crippen molar-refractivity contribution in [1.29, 1.82) is 0 Å². The van der Waals surface area contributed by atoms with Gasteiger partial charge in [0, 0.05) is 5.69 Å². The second-order valence-electron chi connectivity index (χ2n) is 12.5. The lowest BCUT2D eigenvalue weighted by atomic mass is 9.48. The van der Waals surface area contributed by atoms with Crippen LogP contribution in [-0.4, -0.2) is 20.9 Å². The van der Waals surface area contributed by atoms with Crippen LogP contribution >= 0.6 is 0 Å². The van der Waals surface area contributed by atoms with Crippen molar-refractivity contribution in [1.82, 2.24) is 0 Å². The van der Waals surface area contributed by atoms with E-state index in [9.17, 15) is 13.2 Å². The summed E-state index contributed by atoms with van der Waals surface area (Å²) in [5.41, 5.74) is 5.74. The molecule has 0 aromatic heterocycles. The number of carbonyl (C=O) groups is 1. The molecule has 0 spiro atoms. The Morgan fingerprint density at radius 1 is 0.795 bits per heavy atom. The Bertz CT molecular complexity index is 1440. The zero-order chi connectivity index (χ0) is 27.4. The summed E-state index contributed by atoms with van der Waals surface area (Å²) in [6.45, 7) is 5.47. The Morgan fingerprint density at radius 2 is 1.33 bits per heavy atom. The van der Waals surface area contributed by atoms with Gasteiger partial charge in [-0.15, -0.1) is 0 Å². The van der Waals surface area contributed by atoms with Crippen LogP contribution in [0.3, 0.4) is 0 Å². The van der Waals surface area contributed by atoms with Gasteiger partial charge in [0.2, 0.25) is 5.91 Å². The number of nitrogens with zero attached hydrogens (tertiary/aromatic N) is 1. The Kier molecular flexibility index (Phi) is 6.57. The predicted octanol–water partition coefficient (Wildman–Crippen LogP) is 6.91. The summed E-state index contributed by atoms with van der Waals surface area (Å²) >= 11 is 0. The van der Waals surface area contributed by atoms with E-state index in [4.69, 9.17) is 0 Å². The van der Waals surface area contributed by atoms with Crippen molar-refractivity contribution < 1.29 is 13.2 Å². The van der Waals surface area contributed by atoms with E-state index < -0.39 is 10.0 Å². The number of aryl methyl sites for hydroxylation is 3. The van der Waals surface area contributed by atoms with Crippen LogP contribution in [0.4, 0.5) is 11.4 Å². The number of nitrogens with one attached hydrogen (secondary N) is 1. The quantitative estimate of drug-likeness (QED) is 0.353. The molecule has 4 saturated carbocycles. The topological polar surface area (TPSA) is 66.5 Å². The zero-order valence-electron chi connectivity index (χ0n) is 23.1. The van der Waals surface area contributed by atoms with Crippen molar-refractivity contribution in [3.05, 3.63) is 89.0 Å². The van der Waals surface area contributed by atoms with Gasteiger partial charge in [0.15, 0.2) is 0 Å². The minimum atomic E-state index is -3.95. The second kappa shape index (κ2) is 9.81. The van der Waals surface area contributed by atoms with Crippen LogP contribution in [0.5, 0.6) is 0 Å². The maximum atomic E-state index is 13.8. The first kappa shape index (κ1) is 26.1. The van der Waals surface area contributed by atoms with Crippen LogP contribution in [0.15, 0.2) is 71.6 Å². The third-order valence-electron chi connectivity index (χ3n) is 9.21. The largest absolute Gasteiger partial charge is 0.325 e. The summed E-state index contributed by atoms with van der Waals surface area (Å²) < 4.78 is 28.7. The highest BCUT2D eigenvalue weighted by Gasteiger charge is 2.51. The maximum Gasteiger partial charge on any atom is 0.264 e. The van der Waals surface area contributed by atoms with Gasteiger partial charge in [0.1, 0.15) is 6.54 Å². The molecule has 0 heterocycles. The lowest BCUT2D eigenvalue weighted by molar-refractivity contribution is -0.114. The van der Waals surface area contributed by atoms with Gasteiger partial charge in [0.25, 0.3) is 10.0 Å². The molecule has 39 heavy (non-hydrogen) atoms. The molecule has 6 heteroatoms. The maximum absolute atomic E-state index is 13.8. The molecule has 0 unspecified atom stereocenters. The third kappa shape index (κ3) is 5.11. The Balaban J connectivity index is 1.23. The number of sulfonamides is 1. The summed E-state index contributed by atoms with van der Waals surface area (Å²) in [5.74, 6) is 2.26. The van der Waals surface area contributed by atoms with Gasteiger partial charge in [0.05, 0.1) is 10.6 Å². The normalized spacial score (nSPS) is 25.5. The van der Waals surface area contributed by atoms with Gasteiger partial charge in [-0.25, -0.2) is 8.42 Å². The summed E-state index contributed by atoms with van der Waals surface area (Å²) in [7, 11) is -3.95. The van der Waals surface area contributed by atoms with Gasteiger partial charge < -0.3 is 5.32 Å². The second-order valence-corrected chi connectivity index (χ2v) is 14.4. The molecule has 3 aromatic carbocycles. The average molecular weight is 543 g/mol. The average Bonchev–Trinajstić information content (AvgIpc) is 2.86. The number of carbonyl (C=O) groups excluding carboxylic acids is 1. The highest BCUT2D eigenvalue weighted by Crippen LogP contribution is 2.60. The Hall–Kier alpha value is -3.12. The molecule has 0 radical (unpaired) electrons. The van der Waals surface area contributed by atoms with Crippen molar-refractivity contribution >= 4 is 27.3 Å². The van der Waals surface area contributed by atoms with E-state index in [-0.39, 0.29) is 17.3 Å². The molecular formula is C33H38N2O3S. The van der Waals surface area contributed by atoms with E-state index in [2.05, 4.69) is 17.4 Å². The van der Waals surface area contributed by atoms with Crippen LogP contribution in [0.2, 0.25) is 0 Å². The van der Waals surface area contributed by atoms with Gasteiger partial charge in [-0.3, -0.25) is 9.10 Å². The molecule has 7 rings (SSSR count). The number of anilines is 2. The van der Waals surface area contributed by atoms with Crippen molar-refractivity contribution in [3.8, 4) is 0 Å². The van der Waals surface area contributed by atoms with E-state index in [1.807, 2.05) is 51.1 Å². The summed E-state index contributed by atoms with van der Waals surface area (Å²) in [6, 6.07) is 20.7. The molecule has 1 amide bonds.